The van der Waals surface area contributed by atoms with E-state index in [0.717, 1.165) is 12.0 Å². The fourth-order valence-corrected chi connectivity index (χ4v) is 1.35. The molecular weight excluding hydrogens is 192 g/mol. The summed E-state index contributed by atoms with van der Waals surface area (Å²) in [6.45, 7) is 1.75. The van der Waals surface area contributed by atoms with Crippen molar-refractivity contribution >= 4 is 5.97 Å². The number of rotatable bonds is 4. The number of aryl methyl sites for hydroxylation is 1. The summed E-state index contributed by atoms with van der Waals surface area (Å²) >= 11 is 0. The number of ether oxygens (including phenoxy) is 1. The Morgan fingerprint density at radius 2 is 2.27 bits per heavy atom. The van der Waals surface area contributed by atoms with Gasteiger partial charge in [-0.2, -0.15) is 0 Å². The van der Waals surface area contributed by atoms with Gasteiger partial charge in [0.05, 0.1) is 18.8 Å². The van der Waals surface area contributed by atoms with Crippen LogP contribution < -0.4 is 0 Å². The van der Waals surface area contributed by atoms with E-state index >= 15 is 0 Å². The van der Waals surface area contributed by atoms with E-state index in [1.165, 1.54) is 7.11 Å². The van der Waals surface area contributed by atoms with E-state index in [9.17, 15) is 4.79 Å². The van der Waals surface area contributed by atoms with Gasteiger partial charge in [0.1, 0.15) is 0 Å². The molecule has 0 heterocycles. The molecule has 0 saturated carbocycles. The van der Waals surface area contributed by atoms with E-state index in [1.807, 2.05) is 12.1 Å². The maximum absolute atomic E-state index is 11.2. The van der Waals surface area contributed by atoms with Gasteiger partial charge < -0.3 is 9.84 Å². The topological polar surface area (TPSA) is 46.5 Å². The molecule has 0 amide bonds. The van der Waals surface area contributed by atoms with Gasteiger partial charge in [-0.25, -0.2) is 4.79 Å². The van der Waals surface area contributed by atoms with Crippen LogP contribution in [0.5, 0.6) is 0 Å². The lowest BCUT2D eigenvalue weighted by molar-refractivity contribution is 0.0600. The van der Waals surface area contributed by atoms with Crippen LogP contribution in [0.15, 0.2) is 24.3 Å². The molecule has 15 heavy (non-hydrogen) atoms. The van der Waals surface area contributed by atoms with Crippen LogP contribution in [0.2, 0.25) is 0 Å². The molecule has 1 aromatic rings. The first-order valence-electron chi connectivity index (χ1n) is 4.99. The standard InChI is InChI=1S/C12H16O3/c1-9(13)6-7-10-4-3-5-11(8-10)12(14)15-2/h3-5,8-9,13H,6-7H2,1-2H3/t9-/m0/s1. The average Bonchev–Trinajstić information content (AvgIpc) is 2.25. The van der Waals surface area contributed by atoms with Crippen molar-refractivity contribution in [2.75, 3.05) is 7.11 Å². The monoisotopic (exact) mass is 208 g/mol. The van der Waals surface area contributed by atoms with Crippen LogP contribution in [-0.2, 0) is 11.2 Å². The number of aliphatic hydroxyl groups is 1. The molecule has 0 aliphatic carbocycles. The van der Waals surface area contributed by atoms with Gasteiger partial charge in [-0.15, -0.1) is 0 Å². The minimum Gasteiger partial charge on any atom is -0.465 e. The predicted molar refractivity (Wildman–Crippen MR) is 57.8 cm³/mol. The number of methoxy groups -OCH3 is 1. The molecule has 0 aliphatic rings. The number of esters is 1. The van der Waals surface area contributed by atoms with E-state index < -0.39 is 0 Å². The number of benzene rings is 1. The van der Waals surface area contributed by atoms with Crippen molar-refractivity contribution in [3.8, 4) is 0 Å². The summed E-state index contributed by atoms with van der Waals surface area (Å²) in [4.78, 5) is 11.2. The Labute approximate surface area is 89.7 Å². The summed E-state index contributed by atoms with van der Waals surface area (Å²) in [7, 11) is 1.37. The van der Waals surface area contributed by atoms with Crippen LogP contribution >= 0.6 is 0 Å². The van der Waals surface area contributed by atoms with Gasteiger partial charge in [0.2, 0.25) is 0 Å². The number of carbonyl (C=O) groups is 1. The third kappa shape index (κ3) is 3.72. The maximum atomic E-state index is 11.2. The summed E-state index contributed by atoms with van der Waals surface area (Å²) in [6.07, 6.45) is 1.15. The first-order chi connectivity index (χ1) is 7.13. The first-order valence-corrected chi connectivity index (χ1v) is 4.99. The summed E-state index contributed by atoms with van der Waals surface area (Å²) in [5.41, 5.74) is 1.60. The molecule has 3 nitrogen and oxygen atoms in total. The lowest BCUT2D eigenvalue weighted by atomic mass is 10.0. The van der Waals surface area contributed by atoms with E-state index in [-0.39, 0.29) is 12.1 Å². The minimum absolute atomic E-state index is 0.313. The van der Waals surface area contributed by atoms with Gasteiger partial charge in [-0.05, 0) is 37.5 Å². The van der Waals surface area contributed by atoms with Crippen LogP contribution in [0.4, 0.5) is 0 Å². The second-order valence-electron chi connectivity index (χ2n) is 3.58. The molecule has 3 heteroatoms. The summed E-state index contributed by atoms with van der Waals surface area (Å²) in [6, 6.07) is 7.28. The van der Waals surface area contributed by atoms with Crippen LogP contribution in [0, 0.1) is 0 Å². The fourth-order valence-electron chi connectivity index (χ4n) is 1.35. The highest BCUT2D eigenvalue weighted by molar-refractivity contribution is 5.89. The number of hydrogen-bond acceptors (Lipinski definition) is 3. The highest BCUT2D eigenvalue weighted by Gasteiger charge is 2.05. The lowest BCUT2D eigenvalue weighted by Gasteiger charge is -2.05. The van der Waals surface area contributed by atoms with E-state index in [4.69, 9.17) is 5.11 Å². The summed E-state index contributed by atoms with van der Waals surface area (Å²) in [5, 5.41) is 9.15. The molecule has 82 valence electrons. The minimum atomic E-state index is -0.325. The molecule has 1 aromatic carbocycles. The van der Waals surface area contributed by atoms with Gasteiger partial charge in [0, 0.05) is 0 Å². The predicted octanol–water partition coefficient (Wildman–Crippen LogP) is 1.79. The quantitative estimate of drug-likeness (QED) is 0.767. The largest absolute Gasteiger partial charge is 0.465 e. The van der Waals surface area contributed by atoms with Crippen molar-refractivity contribution < 1.29 is 14.6 Å². The van der Waals surface area contributed by atoms with Crippen molar-refractivity contribution in [3.05, 3.63) is 35.4 Å². The Kier molecular flexibility index (Phi) is 4.31. The maximum Gasteiger partial charge on any atom is 0.337 e. The van der Waals surface area contributed by atoms with Gasteiger partial charge in [0.15, 0.2) is 0 Å². The second-order valence-corrected chi connectivity index (χ2v) is 3.58. The smallest absolute Gasteiger partial charge is 0.337 e. The van der Waals surface area contributed by atoms with Crippen molar-refractivity contribution in [1.29, 1.82) is 0 Å². The number of aliphatic hydroxyl groups excluding tert-OH is 1. The van der Waals surface area contributed by atoms with E-state index in [2.05, 4.69) is 4.74 Å². The molecule has 1 rings (SSSR count). The van der Waals surface area contributed by atoms with Crippen LogP contribution in [0.25, 0.3) is 0 Å². The molecule has 0 bridgehead atoms. The van der Waals surface area contributed by atoms with Gasteiger partial charge in [-0.1, -0.05) is 12.1 Å². The Balaban J connectivity index is 2.70. The van der Waals surface area contributed by atoms with Crippen molar-refractivity contribution in [3.63, 3.8) is 0 Å². The fraction of sp³-hybridized carbons (Fsp3) is 0.417. The van der Waals surface area contributed by atoms with Crippen molar-refractivity contribution in [1.82, 2.24) is 0 Å². The highest BCUT2D eigenvalue weighted by atomic mass is 16.5. The Morgan fingerprint density at radius 3 is 2.87 bits per heavy atom. The summed E-state index contributed by atoms with van der Waals surface area (Å²) < 4.78 is 4.63. The van der Waals surface area contributed by atoms with Gasteiger partial charge in [-0.3, -0.25) is 0 Å². The lowest BCUT2D eigenvalue weighted by Crippen LogP contribution is -2.04. The molecule has 0 fully saturated rings. The first kappa shape index (κ1) is 11.7. The molecule has 0 aliphatic heterocycles. The zero-order valence-corrected chi connectivity index (χ0v) is 9.06. The van der Waals surface area contributed by atoms with Crippen LogP contribution in [-0.4, -0.2) is 24.3 Å². The zero-order valence-electron chi connectivity index (χ0n) is 9.06. The van der Waals surface area contributed by atoms with Crippen molar-refractivity contribution in [2.24, 2.45) is 0 Å². The molecular formula is C12H16O3. The molecule has 0 radical (unpaired) electrons. The van der Waals surface area contributed by atoms with Crippen LogP contribution in [0.3, 0.4) is 0 Å². The highest BCUT2D eigenvalue weighted by Crippen LogP contribution is 2.09. The third-order valence-corrected chi connectivity index (χ3v) is 2.20. The Morgan fingerprint density at radius 1 is 1.53 bits per heavy atom. The van der Waals surface area contributed by atoms with Crippen molar-refractivity contribution in [2.45, 2.75) is 25.9 Å². The molecule has 0 aromatic heterocycles. The average molecular weight is 208 g/mol. The summed E-state index contributed by atoms with van der Waals surface area (Å²) in [5.74, 6) is -0.325. The molecule has 0 unspecified atom stereocenters. The van der Waals surface area contributed by atoms with Gasteiger partial charge in [0.25, 0.3) is 0 Å². The molecule has 0 spiro atoms. The van der Waals surface area contributed by atoms with E-state index in [0.29, 0.717) is 12.0 Å². The number of carbonyl (C=O) groups excluding carboxylic acids is 1. The van der Waals surface area contributed by atoms with Crippen LogP contribution in [0.1, 0.15) is 29.3 Å². The molecule has 1 N–H and O–H groups in total. The third-order valence-electron chi connectivity index (χ3n) is 2.20. The van der Waals surface area contributed by atoms with E-state index in [1.54, 1.807) is 19.1 Å². The Bertz CT molecular complexity index is 331. The molecule has 0 saturated heterocycles. The normalized spacial score (nSPS) is 12.2. The Hall–Kier alpha value is -1.35. The van der Waals surface area contributed by atoms with Gasteiger partial charge >= 0.3 is 5.97 Å². The molecule has 1 atom stereocenters. The second kappa shape index (κ2) is 5.51. The number of hydrogen-bond donors (Lipinski definition) is 1. The zero-order chi connectivity index (χ0) is 11.3. The SMILES string of the molecule is COC(=O)c1cccc(CC[C@H](C)O)c1.